The monoisotopic (exact) mass is 793 g/mol. The minimum atomic E-state index is -0.484. The maximum Gasteiger partial charge on any atom is 0.323 e. The molecule has 5 rings (SSSR count). The number of phenols is 1. The molecule has 0 saturated carbocycles. The van der Waals surface area contributed by atoms with Crippen LogP contribution in [0.1, 0.15) is 33.6 Å². The van der Waals surface area contributed by atoms with E-state index in [4.69, 9.17) is 9.47 Å². The summed E-state index contributed by atoms with van der Waals surface area (Å²) in [5.74, 6) is 0.225. The van der Waals surface area contributed by atoms with Gasteiger partial charge in [0.1, 0.15) is 41.4 Å². The van der Waals surface area contributed by atoms with Crippen molar-refractivity contribution in [2.24, 2.45) is 0 Å². The van der Waals surface area contributed by atoms with Crippen LogP contribution in [0.4, 0.5) is 8.78 Å². The van der Waals surface area contributed by atoms with Crippen LogP contribution in [0.2, 0.25) is 0 Å². The summed E-state index contributed by atoms with van der Waals surface area (Å²) in [4.78, 5) is 17.8. The Labute approximate surface area is 294 Å². The molecular formula is C35H35Br2F2NO4S2. The van der Waals surface area contributed by atoms with Gasteiger partial charge in [-0.05, 0) is 113 Å². The van der Waals surface area contributed by atoms with Crippen LogP contribution in [0.5, 0.6) is 11.5 Å². The number of carbonyl (C=O) groups excluding carboxylic acids is 1. The van der Waals surface area contributed by atoms with Crippen molar-refractivity contribution in [2.75, 3.05) is 19.7 Å². The fourth-order valence-electron chi connectivity index (χ4n) is 4.57. The minimum absolute atomic E-state index is 0.161. The molecule has 0 radical (unpaired) electrons. The molecule has 11 heteroatoms. The third-order valence-electron chi connectivity index (χ3n) is 6.55. The maximum atomic E-state index is 13.5. The first-order valence-corrected chi connectivity index (χ1v) is 17.8. The summed E-state index contributed by atoms with van der Waals surface area (Å²) in [6.07, 6.45) is 1.79. The molecule has 0 aliphatic carbocycles. The molecule has 1 aliphatic rings. The molecule has 1 saturated heterocycles. The van der Waals surface area contributed by atoms with Gasteiger partial charge < -0.3 is 14.6 Å². The van der Waals surface area contributed by atoms with Crippen LogP contribution in [-0.2, 0) is 9.53 Å². The minimum Gasteiger partial charge on any atom is -0.507 e. The average Bonchev–Trinajstić information content (AvgIpc) is 3.45. The van der Waals surface area contributed by atoms with Gasteiger partial charge >= 0.3 is 5.97 Å². The van der Waals surface area contributed by atoms with E-state index in [-0.39, 0.29) is 29.4 Å². The van der Waals surface area contributed by atoms with Crippen LogP contribution in [0.3, 0.4) is 0 Å². The first-order valence-electron chi connectivity index (χ1n) is 14.6. The van der Waals surface area contributed by atoms with Crippen molar-refractivity contribution in [2.45, 2.75) is 64.8 Å². The van der Waals surface area contributed by atoms with Crippen molar-refractivity contribution in [3.05, 3.63) is 106 Å². The molecule has 244 valence electrons. The topological polar surface area (TPSA) is 59.0 Å². The summed E-state index contributed by atoms with van der Waals surface area (Å²) in [6, 6.07) is 23.5. The molecular weight excluding hydrogens is 760 g/mol. The maximum absolute atomic E-state index is 13.5. The Kier molecular flexibility index (Phi) is 13.4. The van der Waals surface area contributed by atoms with E-state index in [1.54, 1.807) is 36.4 Å². The lowest BCUT2D eigenvalue weighted by Crippen LogP contribution is -2.42. The van der Waals surface area contributed by atoms with Crippen molar-refractivity contribution in [1.82, 2.24) is 4.90 Å². The van der Waals surface area contributed by atoms with Gasteiger partial charge in [-0.25, -0.2) is 8.78 Å². The molecule has 1 atom stereocenters. The molecule has 5 nitrogen and oxygen atoms in total. The molecule has 0 aromatic heterocycles. The van der Waals surface area contributed by atoms with E-state index in [1.807, 2.05) is 45.0 Å². The van der Waals surface area contributed by atoms with Crippen molar-refractivity contribution < 1.29 is 28.2 Å². The van der Waals surface area contributed by atoms with E-state index in [0.29, 0.717) is 18.0 Å². The van der Waals surface area contributed by atoms with Crippen molar-refractivity contribution in [3.63, 3.8) is 0 Å². The van der Waals surface area contributed by atoms with Gasteiger partial charge in [-0.2, -0.15) is 0 Å². The van der Waals surface area contributed by atoms with Crippen LogP contribution in [0.15, 0.2) is 113 Å². The first-order chi connectivity index (χ1) is 21.9. The smallest absolute Gasteiger partial charge is 0.323 e. The predicted octanol–water partition coefficient (Wildman–Crippen LogP) is 10.4. The molecule has 1 aliphatic heterocycles. The second kappa shape index (κ2) is 17.0. The van der Waals surface area contributed by atoms with Gasteiger partial charge in [0, 0.05) is 25.3 Å². The predicted molar refractivity (Wildman–Crippen MR) is 187 cm³/mol. The molecule has 1 heterocycles. The highest BCUT2D eigenvalue weighted by atomic mass is 79.9. The van der Waals surface area contributed by atoms with Gasteiger partial charge in [-0.1, -0.05) is 67.5 Å². The standard InChI is InChI=1S/C23H27BrFNO3S.C12H8BrFOS/c1-23(2,3)29-22(27)19-8-5-11-26(19)12-13-28-20-10-9-16(24)14-21(20)30-18-7-4-6-17(25)15-18;13-8-4-5-11(15)12(6-8)16-10-3-1-2-9(14)7-10/h4,6-7,9-10,14-15,19H,5,8,11-13H2,1-3H3;1-7,15H/t19-;/m0./s1. The largest absolute Gasteiger partial charge is 0.507 e. The lowest BCUT2D eigenvalue weighted by atomic mass is 10.1. The number of phenolic OH excluding ortho intramolecular Hbond substituents is 1. The number of likely N-dealkylation sites (tertiary alicyclic amines) is 1. The molecule has 0 bridgehead atoms. The van der Waals surface area contributed by atoms with E-state index in [2.05, 4.69) is 36.8 Å². The van der Waals surface area contributed by atoms with Gasteiger partial charge in [0.05, 0.1) is 9.79 Å². The van der Waals surface area contributed by atoms with Crippen LogP contribution in [0.25, 0.3) is 0 Å². The Morgan fingerprint density at radius 1 is 0.891 bits per heavy atom. The van der Waals surface area contributed by atoms with Gasteiger partial charge in [-0.3, -0.25) is 9.69 Å². The summed E-state index contributed by atoms with van der Waals surface area (Å²) >= 11 is 9.59. The Balaban J connectivity index is 0.000000252. The zero-order valence-corrected chi connectivity index (χ0v) is 30.4. The third kappa shape index (κ3) is 11.6. The highest BCUT2D eigenvalue weighted by molar-refractivity contribution is 9.10. The Morgan fingerprint density at radius 2 is 1.48 bits per heavy atom. The highest BCUT2D eigenvalue weighted by Crippen LogP contribution is 2.38. The van der Waals surface area contributed by atoms with E-state index in [0.717, 1.165) is 48.8 Å². The molecule has 46 heavy (non-hydrogen) atoms. The fraction of sp³-hybridized carbons (Fsp3) is 0.286. The number of halogens is 4. The van der Waals surface area contributed by atoms with Crippen molar-refractivity contribution in [3.8, 4) is 11.5 Å². The summed E-state index contributed by atoms with van der Waals surface area (Å²) in [7, 11) is 0. The molecule has 0 unspecified atom stereocenters. The molecule has 0 amide bonds. The van der Waals surface area contributed by atoms with Crippen LogP contribution in [-0.4, -0.2) is 47.3 Å². The van der Waals surface area contributed by atoms with E-state index >= 15 is 0 Å². The SMILES string of the molecule is CC(C)(C)OC(=O)[C@@H]1CCCN1CCOc1ccc(Br)cc1Sc1cccc(F)c1.Oc1ccc(Br)cc1Sc1cccc(F)c1. The number of ether oxygens (including phenoxy) is 2. The summed E-state index contributed by atoms with van der Waals surface area (Å²) in [5, 5.41) is 9.63. The lowest BCUT2D eigenvalue weighted by molar-refractivity contribution is -0.160. The fourth-order valence-corrected chi connectivity index (χ4v) is 7.51. The quantitative estimate of drug-likeness (QED) is 0.169. The number of rotatable bonds is 9. The van der Waals surface area contributed by atoms with Crippen molar-refractivity contribution >= 4 is 61.4 Å². The number of benzene rings is 4. The molecule has 1 fully saturated rings. The number of hydrogen-bond donors (Lipinski definition) is 1. The van der Waals surface area contributed by atoms with Crippen LogP contribution in [0, 0.1) is 11.6 Å². The molecule has 4 aromatic carbocycles. The molecule has 0 spiro atoms. The zero-order valence-electron chi connectivity index (χ0n) is 25.6. The van der Waals surface area contributed by atoms with Gasteiger partial charge in [0.15, 0.2) is 0 Å². The second-order valence-corrected chi connectivity index (χ2v) is 15.5. The van der Waals surface area contributed by atoms with Crippen LogP contribution >= 0.6 is 55.4 Å². The molecule has 4 aromatic rings. The number of esters is 1. The first kappa shape index (κ1) is 36.3. The van der Waals surface area contributed by atoms with Crippen LogP contribution < -0.4 is 4.74 Å². The number of aromatic hydroxyl groups is 1. The zero-order chi connectivity index (χ0) is 33.3. The lowest BCUT2D eigenvalue weighted by Gasteiger charge is -2.27. The summed E-state index contributed by atoms with van der Waals surface area (Å²) in [6.45, 7) is 7.62. The van der Waals surface area contributed by atoms with E-state index < -0.39 is 5.60 Å². The van der Waals surface area contributed by atoms with E-state index in [9.17, 15) is 18.7 Å². The Morgan fingerprint density at radius 3 is 2.09 bits per heavy atom. The summed E-state index contributed by atoms with van der Waals surface area (Å²) in [5.41, 5.74) is -0.484. The Bertz CT molecular complexity index is 1640. The van der Waals surface area contributed by atoms with E-state index in [1.165, 1.54) is 47.8 Å². The summed E-state index contributed by atoms with van der Waals surface area (Å²) < 4.78 is 39.9. The number of nitrogens with zero attached hydrogens (tertiary/aromatic N) is 1. The Hall–Kier alpha value is -2.57. The third-order valence-corrected chi connectivity index (χ3v) is 9.61. The second-order valence-electron chi connectivity index (χ2n) is 11.4. The number of hydrogen-bond acceptors (Lipinski definition) is 7. The number of carbonyl (C=O) groups is 1. The van der Waals surface area contributed by atoms with Crippen molar-refractivity contribution in [1.29, 1.82) is 0 Å². The molecule has 1 N–H and O–H groups in total. The normalized spacial score (nSPS) is 14.8. The van der Waals surface area contributed by atoms with Gasteiger partial charge in [0.2, 0.25) is 0 Å². The van der Waals surface area contributed by atoms with Gasteiger partial charge in [-0.15, -0.1) is 0 Å². The van der Waals surface area contributed by atoms with Gasteiger partial charge in [0.25, 0.3) is 0 Å². The highest BCUT2D eigenvalue weighted by Gasteiger charge is 2.33. The average molecular weight is 796 g/mol.